The lowest BCUT2D eigenvalue weighted by molar-refractivity contribution is -0.280. The molecule has 0 aliphatic rings. The molecule has 2 aromatic heterocycles. The molecule has 0 aromatic carbocycles. The van der Waals surface area contributed by atoms with Crippen LogP contribution < -0.4 is 0 Å². The number of carbonyl (C=O) groups is 1. The van der Waals surface area contributed by atoms with Crippen molar-refractivity contribution in [2.45, 2.75) is 6.54 Å². The first kappa shape index (κ1) is 13.0. The minimum absolute atomic E-state index is 0.453. The maximum Gasteiger partial charge on any atom is 0.296 e. The van der Waals surface area contributed by atoms with Crippen LogP contribution in [-0.4, -0.2) is 31.1 Å². The molecule has 0 aliphatic heterocycles. The van der Waals surface area contributed by atoms with Gasteiger partial charge in [0.1, 0.15) is 0 Å². The summed E-state index contributed by atoms with van der Waals surface area (Å²) in [6, 6.07) is 7.47. The molecule has 0 unspecified atom stereocenters. The molecular weight excluding hydrogens is 246 g/mol. The standard InChI is InChI=1S/C13H13N3O3/c17-13(16(18)19)6-5-12-4-2-8-15(12)10-11-3-1-7-14-9-11/h1-9,18-19H,10H2. The summed E-state index contributed by atoms with van der Waals surface area (Å²) in [5.41, 5.74) is 1.81. The molecule has 2 aromatic rings. The van der Waals surface area contributed by atoms with E-state index in [2.05, 4.69) is 4.98 Å². The predicted molar refractivity (Wildman–Crippen MR) is 67.2 cm³/mol. The zero-order valence-corrected chi connectivity index (χ0v) is 10.0. The number of rotatable bonds is 4. The first-order valence-corrected chi connectivity index (χ1v) is 5.61. The monoisotopic (exact) mass is 259 g/mol. The topological polar surface area (TPSA) is 78.6 Å². The average molecular weight is 259 g/mol. The van der Waals surface area contributed by atoms with E-state index in [4.69, 9.17) is 10.4 Å². The van der Waals surface area contributed by atoms with E-state index >= 15 is 0 Å². The number of aromatic nitrogens is 2. The Kier molecular flexibility index (Phi) is 4.07. The Morgan fingerprint density at radius 1 is 1.37 bits per heavy atom. The zero-order valence-electron chi connectivity index (χ0n) is 10.0. The maximum absolute atomic E-state index is 11.0. The Labute approximate surface area is 109 Å². The van der Waals surface area contributed by atoms with Gasteiger partial charge in [-0.15, -0.1) is 0 Å². The molecule has 0 aliphatic carbocycles. The Morgan fingerprint density at radius 3 is 2.89 bits per heavy atom. The Balaban J connectivity index is 2.12. The first-order valence-electron chi connectivity index (χ1n) is 5.61. The molecule has 6 nitrogen and oxygen atoms in total. The highest BCUT2D eigenvalue weighted by Crippen LogP contribution is 2.08. The lowest BCUT2D eigenvalue weighted by Gasteiger charge is -2.06. The summed E-state index contributed by atoms with van der Waals surface area (Å²) in [4.78, 5) is 15.1. The average Bonchev–Trinajstić information content (AvgIpc) is 2.84. The van der Waals surface area contributed by atoms with Gasteiger partial charge in [0.25, 0.3) is 5.91 Å². The fourth-order valence-corrected chi connectivity index (χ4v) is 1.63. The SMILES string of the molecule is O=C(C=Cc1cccn1Cc1cccnc1)N(O)O. The fraction of sp³-hybridized carbons (Fsp3) is 0.0769. The van der Waals surface area contributed by atoms with Crippen LogP contribution in [0.3, 0.4) is 0 Å². The van der Waals surface area contributed by atoms with Gasteiger partial charge in [-0.2, -0.15) is 0 Å². The summed E-state index contributed by atoms with van der Waals surface area (Å²) in [5.74, 6) is -0.908. The lowest BCUT2D eigenvalue weighted by Crippen LogP contribution is -2.20. The summed E-state index contributed by atoms with van der Waals surface area (Å²) in [5, 5.41) is 16.6. The smallest absolute Gasteiger partial charge is 0.296 e. The van der Waals surface area contributed by atoms with Gasteiger partial charge in [-0.25, -0.2) is 0 Å². The third-order valence-corrected chi connectivity index (χ3v) is 2.53. The van der Waals surface area contributed by atoms with E-state index in [0.717, 1.165) is 17.3 Å². The number of hydroxylamine groups is 2. The van der Waals surface area contributed by atoms with E-state index < -0.39 is 11.1 Å². The molecule has 98 valence electrons. The second-order valence-corrected chi connectivity index (χ2v) is 3.88. The molecule has 0 fully saturated rings. The predicted octanol–water partition coefficient (Wildman–Crippen LogP) is 1.55. The van der Waals surface area contributed by atoms with Crippen LogP contribution in [0.2, 0.25) is 0 Å². The van der Waals surface area contributed by atoms with Gasteiger partial charge in [0.15, 0.2) is 0 Å². The molecule has 0 bridgehead atoms. The van der Waals surface area contributed by atoms with E-state index in [-0.39, 0.29) is 0 Å². The third kappa shape index (κ3) is 3.51. The van der Waals surface area contributed by atoms with Gasteiger partial charge in [-0.3, -0.25) is 20.2 Å². The van der Waals surface area contributed by atoms with E-state index in [0.29, 0.717) is 6.54 Å². The Morgan fingerprint density at radius 2 is 2.21 bits per heavy atom. The third-order valence-electron chi connectivity index (χ3n) is 2.53. The molecule has 1 amide bonds. The second kappa shape index (κ2) is 5.94. The summed E-state index contributed by atoms with van der Waals surface area (Å²) in [7, 11) is 0. The minimum Gasteiger partial charge on any atom is -0.343 e. The highest BCUT2D eigenvalue weighted by molar-refractivity contribution is 5.89. The number of amides is 1. The minimum atomic E-state index is -0.908. The molecule has 6 heteroatoms. The van der Waals surface area contributed by atoms with Crippen LogP contribution in [-0.2, 0) is 11.3 Å². The lowest BCUT2D eigenvalue weighted by atomic mass is 10.3. The van der Waals surface area contributed by atoms with Gasteiger partial charge in [0, 0.05) is 36.9 Å². The maximum atomic E-state index is 11.0. The van der Waals surface area contributed by atoms with Gasteiger partial charge < -0.3 is 4.57 Å². The highest BCUT2D eigenvalue weighted by atomic mass is 16.8. The summed E-state index contributed by atoms with van der Waals surface area (Å²) in [6.07, 6.45) is 7.93. The molecule has 2 N–H and O–H groups in total. The molecule has 0 saturated heterocycles. The molecule has 0 saturated carbocycles. The first-order chi connectivity index (χ1) is 9.16. The van der Waals surface area contributed by atoms with Gasteiger partial charge in [0.05, 0.1) is 0 Å². The summed E-state index contributed by atoms with van der Waals surface area (Å²) >= 11 is 0. The van der Waals surface area contributed by atoms with Crippen molar-refractivity contribution in [2.75, 3.05) is 0 Å². The van der Waals surface area contributed by atoms with Gasteiger partial charge >= 0.3 is 0 Å². The van der Waals surface area contributed by atoms with Crippen molar-refractivity contribution >= 4 is 12.0 Å². The van der Waals surface area contributed by atoms with Crippen LogP contribution in [0.15, 0.2) is 48.9 Å². The van der Waals surface area contributed by atoms with Crippen molar-refractivity contribution in [1.29, 1.82) is 0 Å². The van der Waals surface area contributed by atoms with Crippen molar-refractivity contribution in [3.05, 3.63) is 60.2 Å². The van der Waals surface area contributed by atoms with Crippen molar-refractivity contribution in [3.63, 3.8) is 0 Å². The van der Waals surface area contributed by atoms with Crippen LogP contribution >= 0.6 is 0 Å². The fourth-order valence-electron chi connectivity index (χ4n) is 1.63. The second-order valence-electron chi connectivity index (χ2n) is 3.88. The summed E-state index contributed by atoms with van der Waals surface area (Å²) in [6.45, 7) is 0.622. The van der Waals surface area contributed by atoms with Gasteiger partial charge in [-0.1, -0.05) is 11.3 Å². The Hall–Kier alpha value is -2.44. The Bertz CT molecular complexity index is 576. The molecule has 0 atom stereocenters. The van der Waals surface area contributed by atoms with Crippen molar-refractivity contribution < 1.29 is 15.2 Å². The quantitative estimate of drug-likeness (QED) is 0.496. The number of carbonyl (C=O) groups excluding carboxylic acids is 1. The molecule has 0 radical (unpaired) electrons. The number of pyridine rings is 1. The van der Waals surface area contributed by atoms with Crippen molar-refractivity contribution in [3.8, 4) is 0 Å². The van der Waals surface area contributed by atoms with E-state index in [1.54, 1.807) is 12.4 Å². The molecular formula is C13H13N3O3. The van der Waals surface area contributed by atoms with Gasteiger partial charge in [0.2, 0.25) is 0 Å². The van der Waals surface area contributed by atoms with Crippen LogP contribution in [0.1, 0.15) is 11.3 Å². The summed E-state index contributed by atoms with van der Waals surface area (Å²) < 4.78 is 1.92. The molecule has 19 heavy (non-hydrogen) atoms. The molecule has 0 spiro atoms. The number of hydrogen-bond donors (Lipinski definition) is 2. The van der Waals surface area contributed by atoms with Crippen LogP contribution in [0.4, 0.5) is 0 Å². The highest BCUT2D eigenvalue weighted by Gasteiger charge is 2.03. The van der Waals surface area contributed by atoms with E-state index in [9.17, 15) is 4.79 Å². The number of nitrogens with zero attached hydrogens (tertiary/aromatic N) is 3. The largest absolute Gasteiger partial charge is 0.343 e. The van der Waals surface area contributed by atoms with Crippen LogP contribution in [0.25, 0.3) is 6.08 Å². The van der Waals surface area contributed by atoms with Crippen molar-refractivity contribution in [2.24, 2.45) is 0 Å². The van der Waals surface area contributed by atoms with Crippen LogP contribution in [0.5, 0.6) is 0 Å². The van der Waals surface area contributed by atoms with Gasteiger partial charge in [-0.05, 0) is 29.8 Å². The van der Waals surface area contributed by atoms with Crippen molar-refractivity contribution in [1.82, 2.24) is 14.8 Å². The number of hydrogen-bond acceptors (Lipinski definition) is 4. The van der Waals surface area contributed by atoms with Crippen LogP contribution in [0, 0.1) is 0 Å². The normalized spacial score (nSPS) is 10.8. The molecule has 2 heterocycles. The van der Waals surface area contributed by atoms with E-state index in [1.165, 1.54) is 6.08 Å². The van der Waals surface area contributed by atoms with E-state index in [1.807, 2.05) is 35.0 Å². The zero-order chi connectivity index (χ0) is 13.7. The molecule has 2 rings (SSSR count).